The van der Waals surface area contributed by atoms with E-state index in [1.54, 1.807) is 19.4 Å². The Bertz CT molecular complexity index is 480. The van der Waals surface area contributed by atoms with Gasteiger partial charge in [-0.2, -0.15) is 4.80 Å². The van der Waals surface area contributed by atoms with E-state index in [0.29, 0.717) is 18.9 Å². The predicted molar refractivity (Wildman–Crippen MR) is 63.7 cm³/mol. The largest absolute Gasteiger partial charge is 0.291 e. The maximum absolute atomic E-state index is 4.20. The predicted octanol–water partition coefficient (Wildman–Crippen LogP) is 0.395. The van der Waals surface area contributed by atoms with Crippen LogP contribution in [0.1, 0.15) is 11.6 Å². The second-order valence-electron chi connectivity index (χ2n) is 3.68. The molecule has 8 heteroatoms. The zero-order chi connectivity index (χ0) is 12.3. The summed E-state index contributed by atoms with van der Waals surface area (Å²) in [6, 6.07) is 0. The van der Waals surface area contributed by atoms with E-state index in [1.165, 1.54) is 4.80 Å². The van der Waals surface area contributed by atoms with Gasteiger partial charge in [0, 0.05) is 12.4 Å². The summed E-state index contributed by atoms with van der Waals surface area (Å²) in [7, 11) is 3.70. The van der Waals surface area contributed by atoms with Crippen LogP contribution >= 0.6 is 15.9 Å². The van der Waals surface area contributed by atoms with E-state index in [-0.39, 0.29) is 0 Å². The Labute approximate surface area is 107 Å². The highest BCUT2D eigenvalue weighted by atomic mass is 79.9. The van der Waals surface area contributed by atoms with Crippen LogP contribution in [-0.2, 0) is 20.1 Å². The molecule has 0 aromatic carbocycles. The minimum absolute atomic E-state index is 0.618. The third-order valence-corrected chi connectivity index (χ3v) is 2.46. The second kappa shape index (κ2) is 5.28. The molecule has 7 nitrogen and oxygen atoms in total. The number of nitrogens with zero attached hydrogens (tertiary/aromatic N) is 7. The molecule has 0 aliphatic carbocycles. The van der Waals surface area contributed by atoms with Crippen molar-refractivity contribution in [1.29, 1.82) is 0 Å². The molecule has 2 aromatic rings. The molecule has 0 fully saturated rings. The van der Waals surface area contributed by atoms with Gasteiger partial charge in [-0.15, -0.1) is 10.2 Å². The van der Waals surface area contributed by atoms with Crippen molar-refractivity contribution in [2.75, 3.05) is 7.05 Å². The normalized spacial score (nSPS) is 11.1. The molecular formula is C9H12BrN7. The van der Waals surface area contributed by atoms with Crippen LogP contribution in [0.15, 0.2) is 16.9 Å². The summed E-state index contributed by atoms with van der Waals surface area (Å²) in [5.74, 6) is 1.45. The van der Waals surface area contributed by atoms with E-state index in [9.17, 15) is 0 Å². The fourth-order valence-corrected chi connectivity index (χ4v) is 1.55. The second-order valence-corrected chi connectivity index (χ2v) is 4.60. The average molecular weight is 298 g/mol. The van der Waals surface area contributed by atoms with Crippen molar-refractivity contribution in [2.45, 2.75) is 13.1 Å². The molecule has 2 aromatic heterocycles. The fourth-order valence-electron chi connectivity index (χ4n) is 1.35. The first kappa shape index (κ1) is 12.1. The van der Waals surface area contributed by atoms with Crippen molar-refractivity contribution >= 4 is 15.9 Å². The molecule has 90 valence electrons. The summed E-state index contributed by atoms with van der Waals surface area (Å²) >= 11 is 3.30. The van der Waals surface area contributed by atoms with Gasteiger partial charge in [-0.25, -0.2) is 9.97 Å². The number of rotatable bonds is 4. The quantitative estimate of drug-likeness (QED) is 0.813. The van der Waals surface area contributed by atoms with Gasteiger partial charge in [-0.3, -0.25) is 4.90 Å². The van der Waals surface area contributed by atoms with Gasteiger partial charge in [0.2, 0.25) is 0 Å². The number of tetrazole rings is 1. The Morgan fingerprint density at radius 1 is 1.24 bits per heavy atom. The van der Waals surface area contributed by atoms with Crippen LogP contribution in [0.25, 0.3) is 0 Å². The molecule has 0 aliphatic rings. The van der Waals surface area contributed by atoms with Crippen LogP contribution < -0.4 is 0 Å². The van der Waals surface area contributed by atoms with Crippen LogP contribution in [-0.4, -0.2) is 42.1 Å². The number of aromatic nitrogens is 6. The first-order chi connectivity index (χ1) is 8.13. The van der Waals surface area contributed by atoms with Crippen LogP contribution in [0, 0.1) is 0 Å². The third-order valence-electron chi connectivity index (χ3n) is 2.05. The lowest BCUT2D eigenvalue weighted by Gasteiger charge is -2.12. The Kier molecular flexibility index (Phi) is 3.75. The van der Waals surface area contributed by atoms with E-state index in [4.69, 9.17) is 0 Å². The number of hydrogen-bond acceptors (Lipinski definition) is 6. The number of halogens is 1. The zero-order valence-corrected chi connectivity index (χ0v) is 11.2. The van der Waals surface area contributed by atoms with E-state index in [0.717, 1.165) is 10.3 Å². The molecule has 0 amide bonds. The van der Waals surface area contributed by atoms with Gasteiger partial charge in [-0.1, -0.05) is 0 Å². The van der Waals surface area contributed by atoms with Crippen LogP contribution in [0.3, 0.4) is 0 Å². The standard InChI is InChI=1S/C9H12BrN7/c1-16(6-9-13-15-17(2)14-9)5-8-11-3-7(10)4-12-8/h3-4H,5-6H2,1-2H3. The Morgan fingerprint density at radius 2 is 1.88 bits per heavy atom. The van der Waals surface area contributed by atoms with Crippen LogP contribution in [0.2, 0.25) is 0 Å². The number of aryl methyl sites for hydroxylation is 1. The third kappa shape index (κ3) is 3.53. The first-order valence-corrected chi connectivity index (χ1v) is 5.80. The van der Waals surface area contributed by atoms with Gasteiger partial charge in [-0.05, 0) is 28.2 Å². The average Bonchev–Trinajstić information content (AvgIpc) is 2.67. The molecule has 0 radical (unpaired) electrons. The van der Waals surface area contributed by atoms with Crippen molar-refractivity contribution in [2.24, 2.45) is 7.05 Å². The molecule has 0 bridgehead atoms. The minimum atomic E-state index is 0.618. The topological polar surface area (TPSA) is 72.6 Å². The molecule has 2 heterocycles. The molecule has 0 saturated heterocycles. The molecule has 0 saturated carbocycles. The maximum Gasteiger partial charge on any atom is 0.188 e. The van der Waals surface area contributed by atoms with Gasteiger partial charge in [0.05, 0.1) is 24.6 Å². The molecule has 0 N–H and O–H groups in total. The fraction of sp³-hybridized carbons (Fsp3) is 0.444. The number of hydrogen-bond donors (Lipinski definition) is 0. The lowest BCUT2D eigenvalue weighted by atomic mass is 10.4. The van der Waals surface area contributed by atoms with Crippen molar-refractivity contribution < 1.29 is 0 Å². The van der Waals surface area contributed by atoms with Crippen LogP contribution in [0.4, 0.5) is 0 Å². The van der Waals surface area contributed by atoms with Crippen molar-refractivity contribution in [3.63, 3.8) is 0 Å². The van der Waals surface area contributed by atoms with Gasteiger partial charge < -0.3 is 0 Å². The van der Waals surface area contributed by atoms with Crippen molar-refractivity contribution in [3.8, 4) is 0 Å². The zero-order valence-electron chi connectivity index (χ0n) is 9.58. The smallest absolute Gasteiger partial charge is 0.188 e. The molecule has 2 rings (SSSR count). The highest BCUT2D eigenvalue weighted by Crippen LogP contribution is 2.06. The summed E-state index contributed by atoms with van der Waals surface area (Å²) in [5.41, 5.74) is 0. The summed E-state index contributed by atoms with van der Waals surface area (Å²) in [6.07, 6.45) is 3.47. The summed E-state index contributed by atoms with van der Waals surface area (Å²) < 4.78 is 0.875. The van der Waals surface area contributed by atoms with Gasteiger partial charge in [0.1, 0.15) is 5.82 Å². The summed E-state index contributed by atoms with van der Waals surface area (Å²) in [4.78, 5) is 11.9. The lowest BCUT2D eigenvalue weighted by molar-refractivity contribution is 0.302. The minimum Gasteiger partial charge on any atom is -0.291 e. The molecule has 0 spiro atoms. The Hall–Kier alpha value is -1.41. The lowest BCUT2D eigenvalue weighted by Crippen LogP contribution is -2.19. The summed E-state index contributed by atoms with van der Waals surface area (Å²) in [6.45, 7) is 1.26. The summed E-state index contributed by atoms with van der Waals surface area (Å²) in [5, 5.41) is 11.8. The van der Waals surface area contributed by atoms with Crippen LogP contribution in [0.5, 0.6) is 0 Å². The van der Waals surface area contributed by atoms with E-state index in [2.05, 4.69) is 41.3 Å². The highest BCUT2D eigenvalue weighted by Gasteiger charge is 2.07. The molecule has 17 heavy (non-hydrogen) atoms. The molecule has 0 aliphatic heterocycles. The molecule has 0 atom stereocenters. The Balaban J connectivity index is 1.93. The SMILES string of the molecule is CN(Cc1ncc(Br)cn1)Cc1nnn(C)n1. The monoisotopic (exact) mass is 297 g/mol. The van der Waals surface area contributed by atoms with E-state index in [1.807, 2.05) is 11.9 Å². The van der Waals surface area contributed by atoms with E-state index < -0.39 is 0 Å². The highest BCUT2D eigenvalue weighted by molar-refractivity contribution is 9.10. The first-order valence-electron chi connectivity index (χ1n) is 5.01. The van der Waals surface area contributed by atoms with Crippen molar-refractivity contribution in [3.05, 3.63) is 28.5 Å². The van der Waals surface area contributed by atoms with Gasteiger partial charge >= 0.3 is 0 Å². The Morgan fingerprint density at radius 3 is 2.47 bits per heavy atom. The maximum atomic E-state index is 4.20. The van der Waals surface area contributed by atoms with E-state index >= 15 is 0 Å². The molecule has 0 unspecified atom stereocenters. The molecular weight excluding hydrogens is 286 g/mol. The van der Waals surface area contributed by atoms with Crippen molar-refractivity contribution in [1.82, 2.24) is 35.1 Å². The van der Waals surface area contributed by atoms with Gasteiger partial charge in [0.15, 0.2) is 5.82 Å². The van der Waals surface area contributed by atoms with Gasteiger partial charge in [0.25, 0.3) is 0 Å².